The predicted octanol–water partition coefficient (Wildman–Crippen LogP) is 4.49. The highest BCUT2D eigenvalue weighted by Crippen LogP contribution is 2.62. The van der Waals surface area contributed by atoms with Crippen LogP contribution in [0.2, 0.25) is 0 Å². The zero-order valence-electron chi connectivity index (χ0n) is 12.2. The number of ether oxygens (including phenoxy) is 1. The minimum atomic E-state index is -0.322. The molecule has 0 unspecified atom stereocenters. The third-order valence-electron chi connectivity index (χ3n) is 5.80. The molecule has 2 bridgehead atoms. The van der Waals surface area contributed by atoms with Crippen molar-refractivity contribution in [2.24, 2.45) is 16.7 Å². The van der Waals surface area contributed by atoms with Crippen molar-refractivity contribution in [1.82, 2.24) is 0 Å². The first-order valence-corrected chi connectivity index (χ1v) is 8.19. The summed E-state index contributed by atoms with van der Waals surface area (Å²) in [5.74, 6) is 0.386. The monoisotopic (exact) mass is 336 g/mol. The Morgan fingerprint density at radius 2 is 1.90 bits per heavy atom. The van der Waals surface area contributed by atoms with E-state index in [1.165, 1.54) is 5.56 Å². The molecule has 0 radical (unpaired) electrons. The minimum absolute atomic E-state index is 0.00615. The molecule has 3 rings (SSSR count). The Labute approximate surface area is 129 Å². The zero-order valence-corrected chi connectivity index (χ0v) is 13.8. The number of fused-ring (bicyclic) bond motifs is 2. The summed E-state index contributed by atoms with van der Waals surface area (Å²) in [6.07, 6.45) is 1.93. The van der Waals surface area contributed by atoms with E-state index in [1.54, 1.807) is 0 Å². The lowest BCUT2D eigenvalue weighted by molar-refractivity contribution is -0.186. The molecule has 2 aliphatic rings. The summed E-state index contributed by atoms with van der Waals surface area (Å²) in [4.78, 5) is 12.6. The summed E-state index contributed by atoms with van der Waals surface area (Å²) in [6, 6.07) is 10.2. The highest BCUT2D eigenvalue weighted by molar-refractivity contribution is 9.09. The molecule has 3 heteroatoms. The van der Waals surface area contributed by atoms with E-state index in [1.807, 2.05) is 18.2 Å². The van der Waals surface area contributed by atoms with Gasteiger partial charge in [0.2, 0.25) is 0 Å². The maximum Gasteiger partial charge on any atom is 0.312 e. The maximum atomic E-state index is 12.5. The van der Waals surface area contributed by atoms with Crippen LogP contribution in [0.25, 0.3) is 0 Å². The van der Waals surface area contributed by atoms with Crippen molar-refractivity contribution in [2.75, 3.05) is 0 Å². The lowest BCUT2D eigenvalue weighted by atomic mass is 9.62. The second-order valence-corrected chi connectivity index (χ2v) is 7.87. The Kier molecular flexibility index (Phi) is 3.24. The normalized spacial score (nSPS) is 36.5. The molecule has 0 N–H and O–H groups in total. The number of carbonyl (C=O) groups excluding carboxylic acids is 1. The molecule has 0 amide bonds. The molecule has 1 aromatic carbocycles. The van der Waals surface area contributed by atoms with Gasteiger partial charge in [0.15, 0.2) is 0 Å². The van der Waals surface area contributed by atoms with Crippen molar-refractivity contribution < 1.29 is 9.53 Å². The molecule has 1 aliphatic heterocycles. The van der Waals surface area contributed by atoms with Gasteiger partial charge < -0.3 is 4.74 Å². The lowest BCUT2D eigenvalue weighted by Gasteiger charge is -2.48. The van der Waals surface area contributed by atoms with Crippen molar-refractivity contribution >= 4 is 21.9 Å². The highest BCUT2D eigenvalue weighted by Gasteiger charge is 2.64. The van der Waals surface area contributed by atoms with E-state index < -0.39 is 0 Å². The third kappa shape index (κ3) is 1.78. The average Bonchev–Trinajstić information content (AvgIpc) is 2.58. The van der Waals surface area contributed by atoms with Gasteiger partial charge in [-0.2, -0.15) is 0 Å². The summed E-state index contributed by atoms with van der Waals surface area (Å²) >= 11 is 3.77. The van der Waals surface area contributed by atoms with Crippen molar-refractivity contribution in [1.29, 1.82) is 0 Å². The molecule has 1 saturated heterocycles. The largest absolute Gasteiger partial charge is 0.460 e. The maximum absolute atomic E-state index is 12.5. The number of halogens is 1. The van der Waals surface area contributed by atoms with Gasteiger partial charge in [0.1, 0.15) is 6.10 Å². The SMILES string of the molecule is CC1(C)[C@H]2CC[C@]1(C)C(=O)O[C@@H]2[C@@H](Br)c1ccccc1. The molecule has 1 saturated carbocycles. The van der Waals surface area contributed by atoms with Gasteiger partial charge in [-0.1, -0.05) is 60.1 Å². The Morgan fingerprint density at radius 3 is 2.55 bits per heavy atom. The number of cyclic esters (lactones) is 1. The molecule has 1 heterocycles. The van der Waals surface area contributed by atoms with Crippen LogP contribution in [0.5, 0.6) is 0 Å². The van der Waals surface area contributed by atoms with E-state index in [0.717, 1.165) is 12.8 Å². The molecule has 2 nitrogen and oxygen atoms in total. The first kappa shape index (κ1) is 14.1. The van der Waals surface area contributed by atoms with Gasteiger partial charge in [0, 0.05) is 5.92 Å². The molecular formula is C17H21BrO2. The standard InChI is InChI=1S/C17H21BrO2/c1-16(2)12-9-10-17(16,3)15(19)20-14(12)13(18)11-7-5-4-6-8-11/h4-8,12-14H,9-10H2,1-3H3/t12-,13-,14-,17+/m0/s1. The summed E-state index contributed by atoms with van der Waals surface area (Å²) < 4.78 is 5.84. The van der Waals surface area contributed by atoms with Gasteiger partial charge in [-0.15, -0.1) is 0 Å². The topological polar surface area (TPSA) is 26.3 Å². The Bertz CT molecular complexity index is 525. The van der Waals surface area contributed by atoms with Crippen LogP contribution in [0.4, 0.5) is 0 Å². The summed E-state index contributed by atoms with van der Waals surface area (Å²) in [7, 11) is 0. The number of rotatable bonds is 2. The summed E-state index contributed by atoms with van der Waals surface area (Å²) in [5.41, 5.74) is 0.849. The molecule has 2 fully saturated rings. The van der Waals surface area contributed by atoms with Crippen LogP contribution in [-0.2, 0) is 9.53 Å². The number of esters is 1. The first-order chi connectivity index (χ1) is 9.38. The van der Waals surface area contributed by atoms with Gasteiger partial charge in [-0.3, -0.25) is 4.79 Å². The Hall–Kier alpha value is -0.830. The van der Waals surface area contributed by atoms with Crippen molar-refractivity contribution in [3.05, 3.63) is 35.9 Å². The van der Waals surface area contributed by atoms with Gasteiger partial charge in [0.25, 0.3) is 0 Å². The van der Waals surface area contributed by atoms with Crippen molar-refractivity contribution in [3.8, 4) is 0 Å². The quantitative estimate of drug-likeness (QED) is 0.587. The molecule has 20 heavy (non-hydrogen) atoms. The van der Waals surface area contributed by atoms with Gasteiger partial charge >= 0.3 is 5.97 Å². The van der Waals surface area contributed by atoms with Crippen LogP contribution in [0, 0.1) is 16.7 Å². The summed E-state index contributed by atoms with van der Waals surface area (Å²) in [5, 5.41) is 0. The molecule has 108 valence electrons. The lowest BCUT2D eigenvalue weighted by Crippen LogP contribution is -2.52. The Balaban J connectivity index is 1.95. The molecule has 0 aromatic heterocycles. The van der Waals surface area contributed by atoms with E-state index in [0.29, 0.717) is 5.92 Å². The number of hydrogen-bond donors (Lipinski definition) is 0. The van der Waals surface area contributed by atoms with Crippen LogP contribution in [0.3, 0.4) is 0 Å². The average molecular weight is 337 g/mol. The van der Waals surface area contributed by atoms with Crippen LogP contribution in [0.1, 0.15) is 44.0 Å². The molecule has 4 atom stereocenters. The van der Waals surface area contributed by atoms with Crippen LogP contribution in [-0.4, -0.2) is 12.1 Å². The fourth-order valence-corrected chi connectivity index (χ4v) is 4.68. The van der Waals surface area contributed by atoms with Crippen LogP contribution in [0.15, 0.2) is 30.3 Å². The predicted molar refractivity (Wildman–Crippen MR) is 82.6 cm³/mol. The van der Waals surface area contributed by atoms with Crippen molar-refractivity contribution in [2.45, 2.75) is 44.5 Å². The third-order valence-corrected chi connectivity index (χ3v) is 6.85. The van der Waals surface area contributed by atoms with Gasteiger partial charge in [0.05, 0.1) is 10.2 Å². The van der Waals surface area contributed by atoms with E-state index in [2.05, 4.69) is 48.8 Å². The second kappa shape index (κ2) is 4.59. The number of carbonyl (C=O) groups is 1. The van der Waals surface area contributed by atoms with E-state index in [9.17, 15) is 4.79 Å². The van der Waals surface area contributed by atoms with Crippen molar-refractivity contribution in [3.63, 3.8) is 0 Å². The highest BCUT2D eigenvalue weighted by atomic mass is 79.9. The van der Waals surface area contributed by atoms with E-state index in [4.69, 9.17) is 4.74 Å². The van der Waals surface area contributed by atoms with E-state index >= 15 is 0 Å². The second-order valence-electron chi connectivity index (χ2n) is 6.88. The molecule has 1 aliphatic carbocycles. The van der Waals surface area contributed by atoms with Gasteiger partial charge in [-0.25, -0.2) is 0 Å². The van der Waals surface area contributed by atoms with Crippen LogP contribution >= 0.6 is 15.9 Å². The zero-order chi connectivity index (χ0) is 14.5. The smallest absolute Gasteiger partial charge is 0.312 e. The molecule has 0 spiro atoms. The number of benzene rings is 1. The fourth-order valence-electron chi connectivity index (χ4n) is 3.90. The van der Waals surface area contributed by atoms with E-state index in [-0.39, 0.29) is 27.7 Å². The molecule has 1 aromatic rings. The first-order valence-electron chi connectivity index (χ1n) is 7.28. The van der Waals surface area contributed by atoms with Crippen LogP contribution < -0.4 is 0 Å². The Morgan fingerprint density at radius 1 is 1.25 bits per heavy atom. The van der Waals surface area contributed by atoms with Gasteiger partial charge in [-0.05, 0) is 30.7 Å². The minimum Gasteiger partial charge on any atom is -0.460 e. The number of hydrogen-bond acceptors (Lipinski definition) is 2. The number of alkyl halides is 1. The fraction of sp³-hybridized carbons (Fsp3) is 0.588. The molecular weight excluding hydrogens is 316 g/mol. The summed E-state index contributed by atoms with van der Waals surface area (Å²) in [6.45, 7) is 6.52.